The SMILES string of the molecule is CCCCCOC(C)c1cc2c(C)nc3ccc(OC)cc3c2o1. The zero-order valence-electron chi connectivity index (χ0n) is 14.9. The Balaban J connectivity index is 1.97. The lowest BCUT2D eigenvalue weighted by Crippen LogP contribution is -2.00. The molecule has 128 valence electrons. The van der Waals surface area contributed by atoms with E-state index in [0.29, 0.717) is 0 Å². The molecule has 24 heavy (non-hydrogen) atoms. The number of ether oxygens (including phenoxy) is 2. The number of methoxy groups -OCH3 is 1. The van der Waals surface area contributed by atoms with Crippen LogP contribution in [0.1, 0.15) is 50.7 Å². The Morgan fingerprint density at radius 2 is 2.00 bits per heavy atom. The molecule has 0 amide bonds. The monoisotopic (exact) mass is 327 g/mol. The average molecular weight is 327 g/mol. The Morgan fingerprint density at radius 1 is 1.17 bits per heavy atom. The highest BCUT2D eigenvalue weighted by Crippen LogP contribution is 2.34. The summed E-state index contributed by atoms with van der Waals surface area (Å²) >= 11 is 0. The molecule has 1 atom stereocenters. The van der Waals surface area contributed by atoms with E-state index in [1.165, 1.54) is 12.8 Å². The number of aryl methyl sites for hydroxylation is 1. The number of pyridine rings is 1. The van der Waals surface area contributed by atoms with Crippen LogP contribution in [-0.2, 0) is 4.74 Å². The first-order valence-electron chi connectivity index (χ1n) is 8.63. The Morgan fingerprint density at radius 3 is 2.75 bits per heavy atom. The van der Waals surface area contributed by atoms with Crippen molar-refractivity contribution in [3.05, 3.63) is 35.7 Å². The van der Waals surface area contributed by atoms with Gasteiger partial charge in [0, 0.05) is 23.1 Å². The summed E-state index contributed by atoms with van der Waals surface area (Å²) in [5.74, 6) is 1.65. The third-order valence-electron chi connectivity index (χ3n) is 4.39. The van der Waals surface area contributed by atoms with Gasteiger partial charge in [-0.05, 0) is 44.5 Å². The standard InChI is InChI=1S/C20H25NO3/c1-5-6-7-10-23-14(3)19-12-16-13(2)21-18-9-8-15(22-4)11-17(18)20(16)24-19/h8-9,11-12,14H,5-7,10H2,1-4H3. The number of hydrogen-bond acceptors (Lipinski definition) is 4. The topological polar surface area (TPSA) is 44.5 Å². The molecular weight excluding hydrogens is 302 g/mol. The van der Waals surface area contributed by atoms with Crippen LogP contribution in [0, 0.1) is 6.92 Å². The van der Waals surface area contributed by atoms with Gasteiger partial charge >= 0.3 is 0 Å². The molecule has 0 fully saturated rings. The highest BCUT2D eigenvalue weighted by Gasteiger charge is 2.16. The summed E-state index contributed by atoms with van der Waals surface area (Å²) in [6, 6.07) is 7.92. The van der Waals surface area contributed by atoms with Crippen molar-refractivity contribution in [1.29, 1.82) is 0 Å². The number of aromatic nitrogens is 1. The second kappa shape index (κ2) is 7.22. The summed E-state index contributed by atoms with van der Waals surface area (Å²) in [5.41, 5.74) is 2.74. The van der Waals surface area contributed by atoms with Crippen molar-refractivity contribution in [1.82, 2.24) is 4.98 Å². The molecule has 0 aliphatic heterocycles. The van der Waals surface area contributed by atoms with Crippen molar-refractivity contribution in [3.63, 3.8) is 0 Å². The van der Waals surface area contributed by atoms with E-state index in [0.717, 1.165) is 52.1 Å². The number of furan rings is 1. The molecule has 2 aromatic heterocycles. The Kier molecular flexibility index (Phi) is 5.05. The van der Waals surface area contributed by atoms with Crippen molar-refractivity contribution in [3.8, 4) is 5.75 Å². The van der Waals surface area contributed by atoms with Crippen LogP contribution < -0.4 is 4.74 Å². The van der Waals surface area contributed by atoms with Crippen LogP contribution >= 0.6 is 0 Å². The van der Waals surface area contributed by atoms with Crippen molar-refractivity contribution in [2.45, 2.75) is 46.1 Å². The largest absolute Gasteiger partial charge is 0.497 e. The zero-order valence-corrected chi connectivity index (χ0v) is 14.9. The second-order valence-corrected chi connectivity index (χ2v) is 6.19. The molecule has 0 aliphatic rings. The molecule has 2 heterocycles. The molecule has 0 bridgehead atoms. The molecule has 0 saturated heterocycles. The van der Waals surface area contributed by atoms with Crippen LogP contribution in [0.4, 0.5) is 0 Å². The van der Waals surface area contributed by atoms with Crippen molar-refractivity contribution in [2.24, 2.45) is 0 Å². The van der Waals surface area contributed by atoms with Gasteiger partial charge in [-0.3, -0.25) is 4.98 Å². The smallest absolute Gasteiger partial charge is 0.145 e. The molecule has 0 aliphatic carbocycles. The van der Waals surface area contributed by atoms with Gasteiger partial charge in [0.2, 0.25) is 0 Å². The first-order valence-corrected chi connectivity index (χ1v) is 8.63. The fourth-order valence-electron chi connectivity index (χ4n) is 2.94. The molecule has 0 N–H and O–H groups in total. The Labute approximate surface area is 142 Å². The summed E-state index contributed by atoms with van der Waals surface area (Å²) in [6.45, 7) is 7.00. The maximum atomic E-state index is 6.16. The van der Waals surface area contributed by atoms with Gasteiger partial charge in [0.25, 0.3) is 0 Å². The molecule has 4 nitrogen and oxygen atoms in total. The predicted octanol–water partition coefficient (Wildman–Crippen LogP) is 5.57. The van der Waals surface area contributed by atoms with Crippen LogP contribution in [0.3, 0.4) is 0 Å². The average Bonchev–Trinajstić information content (AvgIpc) is 3.05. The first-order chi connectivity index (χ1) is 11.6. The predicted molar refractivity (Wildman–Crippen MR) is 96.7 cm³/mol. The zero-order chi connectivity index (χ0) is 17.1. The molecule has 4 heteroatoms. The van der Waals surface area contributed by atoms with E-state index in [9.17, 15) is 0 Å². The van der Waals surface area contributed by atoms with Gasteiger partial charge in [-0.15, -0.1) is 0 Å². The number of hydrogen-bond donors (Lipinski definition) is 0. The summed E-state index contributed by atoms with van der Waals surface area (Å²) in [5, 5.41) is 2.01. The highest BCUT2D eigenvalue weighted by atomic mass is 16.5. The lowest BCUT2D eigenvalue weighted by molar-refractivity contribution is 0.0494. The van der Waals surface area contributed by atoms with Crippen molar-refractivity contribution < 1.29 is 13.9 Å². The Hall–Kier alpha value is -2.07. The summed E-state index contributed by atoms with van der Waals surface area (Å²) < 4.78 is 17.4. The van der Waals surface area contributed by atoms with Crippen molar-refractivity contribution in [2.75, 3.05) is 13.7 Å². The van der Waals surface area contributed by atoms with Crippen molar-refractivity contribution >= 4 is 21.9 Å². The molecule has 3 rings (SSSR count). The van der Waals surface area contributed by atoms with Crippen LogP contribution in [0.25, 0.3) is 21.9 Å². The summed E-state index contributed by atoms with van der Waals surface area (Å²) in [4.78, 5) is 4.68. The molecular formula is C20H25NO3. The van der Waals surface area contributed by atoms with Gasteiger partial charge in [-0.2, -0.15) is 0 Å². The van der Waals surface area contributed by atoms with E-state index in [4.69, 9.17) is 13.9 Å². The molecule has 0 saturated carbocycles. The number of unbranched alkanes of at least 4 members (excludes halogenated alkanes) is 2. The lowest BCUT2D eigenvalue weighted by Gasteiger charge is -2.09. The first kappa shape index (κ1) is 16.8. The van der Waals surface area contributed by atoms with Crippen LogP contribution in [0.5, 0.6) is 5.75 Å². The fraction of sp³-hybridized carbons (Fsp3) is 0.450. The second-order valence-electron chi connectivity index (χ2n) is 6.19. The number of fused-ring (bicyclic) bond motifs is 3. The van der Waals surface area contributed by atoms with Gasteiger partial charge in [0.15, 0.2) is 0 Å². The van der Waals surface area contributed by atoms with E-state index in [1.807, 2.05) is 32.0 Å². The minimum absolute atomic E-state index is 0.0608. The maximum Gasteiger partial charge on any atom is 0.145 e. The lowest BCUT2D eigenvalue weighted by atomic mass is 10.1. The number of nitrogens with zero attached hydrogens (tertiary/aromatic N) is 1. The molecule has 3 aromatic rings. The van der Waals surface area contributed by atoms with Gasteiger partial charge in [-0.25, -0.2) is 0 Å². The molecule has 1 unspecified atom stereocenters. The number of benzene rings is 1. The van der Waals surface area contributed by atoms with Gasteiger partial charge in [-0.1, -0.05) is 19.8 Å². The van der Waals surface area contributed by atoms with Gasteiger partial charge in [0.1, 0.15) is 23.2 Å². The molecule has 1 aromatic carbocycles. The number of rotatable bonds is 7. The van der Waals surface area contributed by atoms with Crippen LogP contribution in [0.2, 0.25) is 0 Å². The molecule has 0 spiro atoms. The van der Waals surface area contributed by atoms with Gasteiger partial charge in [0.05, 0.1) is 12.6 Å². The van der Waals surface area contributed by atoms with E-state index < -0.39 is 0 Å². The maximum absolute atomic E-state index is 6.16. The van der Waals surface area contributed by atoms with Gasteiger partial charge < -0.3 is 13.9 Å². The Bertz CT molecular complexity index is 838. The third kappa shape index (κ3) is 3.24. The minimum Gasteiger partial charge on any atom is -0.497 e. The summed E-state index contributed by atoms with van der Waals surface area (Å²) in [6.07, 6.45) is 3.41. The normalized spacial score (nSPS) is 12.8. The van der Waals surface area contributed by atoms with E-state index >= 15 is 0 Å². The minimum atomic E-state index is -0.0608. The van der Waals surface area contributed by atoms with E-state index in [2.05, 4.69) is 18.0 Å². The third-order valence-corrected chi connectivity index (χ3v) is 4.39. The van der Waals surface area contributed by atoms with Crippen LogP contribution in [-0.4, -0.2) is 18.7 Å². The van der Waals surface area contributed by atoms with E-state index in [-0.39, 0.29) is 6.10 Å². The van der Waals surface area contributed by atoms with E-state index in [1.54, 1.807) is 7.11 Å². The van der Waals surface area contributed by atoms with Crippen LogP contribution in [0.15, 0.2) is 28.7 Å². The summed E-state index contributed by atoms with van der Waals surface area (Å²) in [7, 11) is 1.67. The molecule has 0 radical (unpaired) electrons. The fourth-order valence-corrected chi connectivity index (χ4v) is 2.94. The highest BCUT2D eigenvalue weighted by molar-refractivity contribution is 6.04. The quantitative estimate of drug-likeness (QED) is 0.532.